The van der Waals surface area contributed by atoms with Gasteiger partial charge in [-0.2, -0.15) is 0 Å². The summed E-state index contributed by atoms with van der Waals surface area (Å²) in [5, 5.41) is 10.5. The summed E-state index contributed by atoms with van der Waals surface area (Å²) in [7, 11) is 1.41. The van der Waals surface area contributed by atoms with E-state index in [1.165, 1.54) is 19.4 Å². The molecule has 1 amide bonds. The van der Waals surface area contributed by atoms with Crippen molar-refractivity contribution in [1.82, 2.24) is 9.88 Å². The van der Waals surface area contributed by atoms with Crippen LogP contribution in [0, 0.1) is 0 Å². The number of anilines is 1. The number of likely N-dealkylation sites (N-methyl/N-ethyl adjacent to an activating group) is 1. The average Bonchev–Trinajstić information content (AvgIpc) is 2.61. The van der Waals surface area contributed by atoms with E-state index in [9.17, 15) is 9.59 Å². The van der Waals surface area contributed by atoms with Crippen molar-refractivity contribution in [2.24, 2.45) is 0 Å². The van der Waals surface area contributed by atoms with Gasteiger partial charge in [-0.25, -0.2) is 9.78 Å². The summed E-state index contributed by atoms with van der Waals surface area (Å²) in [6, 6.07) is -0.888. The maximum atomic E-state index is 11.7. The molecule has 82 valence electrons. The Hall–Kier alpha value is -1.63. The Morgan fingerprint density at radius 1 is 1.67 bits per heavy atom. The lowest BCUT2D eigenvalue weighted by Gasteiger charge is -2.20. The van der Waals surface area contributed by atoms with Crippen LogP contribution >= 0.6 is 11.3 Å². The van der Waals surface area contributed by atoms with E-state index in [0.717, 1.165) is 16.2 Å². The van der Waals surface area contributed by atoms with Gasteiger partial charge < -0.3 is 15.7 Å². The molecule has 0 saturated heterocycles. The summed E-state index contributed by atoms with van der Waals surface area (Å²) in [5.74, 6) is -1.51. The van der Waals surface area contributed by atoms with Crippen LogP contribution in [0.3, 0.4) is 0 Å². The van der Waals surface area contributed by atoms with Crippen molar-refractivity contribution in [3.8, 4) is 0 Å². The number of amides is 1. The highest BCUT2D eigenvalue weighted by Gasteiger charge is 2.24. The van der Waals surface area contributed by atoms with E-state index >= 15 is 0 Å². The van der Waals surface area contributed by atoms with Crippen molar-refractivity contribution in [2.75, 3.05) is 12.8 Å². The lowest BCUT2D eigenvalue weighted by molar-refractivity contribution is -0.141. The number of carboxylic acids is 1. The Morgan fingerprint density at radius 3 is 2.67 bits per heavy atom. The molecule has 0 fully saturated rings. The van der Waals surface area contributed by atoms with E-state index in [2.05, 4.69) is 4.98 Å². The second-order valence-corrected chi connectivity index (χ2v) is 3.89. The summed E-state index contributed by atoms with van der Waals surface area (Å²) in [4.78, 5) is 27.2. The van der Waals surface area contributed by atoms with Crippen LogP contribution in [-0.2, 0) is 4.79 Å². The predicted molar refractivity (Wildman–Crippen MR) is 55.7 cm³/mol. The minimum atomic E-state index is -1.06. The zero-order valence-electron chi connectivity index (χ0n) is 8.30. The third kappa shape index (κ3) is 2.44. The van der Waals surface area contributed by atoms with Crippen molar-refractivity contribution in [2.45, 2.75) is 13.0 Å². The number of nitrogens with two attached hydrogens (primary N) is 1. The molecule has 3 N–H and O–H groups in total. The number of rotatable bonds is 3. The fraction of sp³-hybridized carbons (Fsp3) is 0.375. The van der Waals surface area contributed by atoms with Gasteiger partial charge in [-0.15, -0.1) is 11.3 Å². The molecule has 1 aromatic rings. The van der Waals surface area contributed by atoms with Crippen molar-refractivity contribution < 1.29 is 14.7 Å². The molecule has 1 rings (SSSR count). The molecule has 0 aliphatic heterocycles. The van der Waals surface area contributed by atoms with Crippen LogP contribution in [0.15, 0.2) is 5.38 Å². The van der Waals surface area contributed by atoms with Crippen LogP contribution in [0.2, 0.25) is 0 Å². The molecule has 0 bridgehead atoms. The summed E-state index contributed by atoms with van der Waals surface area (Å²) < 4.78 is 0. The van der Waals surface area contributed by atoms with Gasteiger partial charge >= 0.3 is 5.97 Å². The van der Waals surface area contributed by atoms with Crippen LogP contribution in [0.5, 0.6) is 0 Å². The summed E-state index contributed by atoms with van der Waals surface area (Å²) in [6.45, 7) is 1.43. The van der Waals surface area contributed by atoms with E-state index in [1.54, 1.807) is 0 Å². The average molecular weight is 229 g/mol. The third-order valence-corrected chi connectivity index (χ3v) is 2.67. The third-order valence-electron chi connectivity index (χ3n) is 2.00. The highest BCUT2D eigenvalue weighted by atomic mass is 32.1. The van der Waals surface area contributed by atoms with E-state index in [4.69, 9.17) is 10.8 Å². The first kappa shape index (κ1) is 11.4. The predicted octanol–water partition coefficient (Wildman–Crippen LogP) is 0.270. The number of aromatic nitrogens is 1. The normalized spacial score (nSPS) is 12.1. The largest absolute Gasteiger partial charge is 0.480 e. The SMILES string of the molecule is CC(C(=O)O)N(C)C(=O)c1csc(N)n1. The van der Waals surface area contributed by atoms with Crippen LogP contribution in [0.1, 0.15) is 17.4 Å². The zero-order chi connectivity index (χ0) is 11.6. The molecule has 1 unspecified atom stereocenters. The monoisotopic (exact) mass is 229 g/mol. The molecule has 0 aliphatic carbocycles. The molecule has 0 aromatic carbocycles. The van der Waals surface area contributed by atoms with Gasteiger partial charge in [0.1, 0.15) is 11.7 Å². The number of aliphatic carboxylic acids is 1. The molecule has 6 nitrogen and oxygen atoms in total. The molecular formula is C8H11N3O3S. The topological polar surface area (TPSA) is 96.5 Å². The number of hydrogen-bond donors (Lipinski definition) is 2. The van der Waals surface area contributed by atoms with E-state index in [1.807, 2.05) is 0 Å². The summed E-state index contributed by atoms with van der Waals surface area (Å²) >= 11 is 1.14. The first-order chi connectivity index (χ1) is 6.93. The smallest absolute Gasteiger partial charge is 0.326 e. The highest BCUT2D eigenvalue weighted by molar-refractivity contribution is 7.13. The van der Waals surface area contributed by atoms with Gasteiger partial charge in [-0.3, -0.25) is 4.79 Å². The van der Waals surface area contributed by atoms with Crippen molar-refractivity contribution in [1.29, 1.82) is 0 Å². The number of nitrogens with zero attached hydrogens (tertiary/aromatic N) is 2. The summed E-state index contributed by atoms with van der Waals surface area (Å²) in [5.41, 5.74) is 5.55. The van der Waals surface area contributed by atoms with Crippen molar-refractivity contribution >= 4 is 28.3 Å². The second-order valence-electron chi connectivity index (χ2n) is 3.00. The number of hydrogen-bond acceptors (Lipinski definition) is 5. The van der Waals surface area contributed by atoms with Gasteiger partial charge in [-0.1, -0.05) is 0 Å². The minimum absolute atomic E-state index is 0.174. The first-order valence-corrected chi connectivity index (χ1v) is 5.02. The molecule has 1 atom stereocenters. The number of carboxylic acid groups (broad SMARTS) is 1. The molecule has 0 radical (unpaired) electrons. The summed E-state index contributed by atoms with van der Waals surface area (Å²) in [6.07, 6.45) is 0. The molecule has 1 aromatic heterocycles. The van der Waals surface area contributed by atoms with E-state index < -0.39 is 17.9 Å². The molecule has 0 saturated carbocycles. The molecule has 15 heavy (non-hydrogen) atoms. The molecule has 0 aliphatic rings. The molecule has 0 spiro atoms. The van der Waals surface area contributed by atoms with Gasteiger partial charge in [0.2, 0.25) is 0 Å². The Bertz CT molecular complexity index is 390. The second kappa shape index (κ2) is 4.26. The van der Waals surface area contributed by atoms with Gasteiger partial charge in [0.15, 0.2) is 5.13 Å². The van der Waals surface area contributed by atoms with E-state index in [0.29, 0.717) is 0 Å². The number of carbonyl (C=O) groups excluding carboxylic acids is 1. The van der Waals surface area contributed by atoms with Crippen LogP contribution in [0.25, 0.3) is 0 Å². The minimum Gasteiger partial charge on any atom is -0.480 e. The first-order valence-electron chi connectivity index (χ1n) is 4.14. The standard InChI is InChI=1S/C8H11N3O3S/c1-4(7(13)14)11(2)6(12)5-3-15-8(9)10-5/h3-4H,1-2H3,(H2,9,10)(H,13,14). The number of nitrogen functional groups attached to an aromatic ring is 1. The highest BCUT2D eigenvalue weighted by Crippen LogP contribution is 2.13. The van der Waals surface area contributed by atoms with Gasteiger partial charge in [0, 0.05) is 12.4 Å². The lowest BCUT2D eigenvalue weighted by Crippen LogP contribution is -2.40. The molecular weight excluding hydrogens is 218 g/mol. The number of thiazole rings is 1. The maximum absolute atomic E-state index is 11.7. The quantitative estimate of drug-likeness (QED) is 0.775. The van der Waals surface area contributed by atoms with Crippen LogP contribution < -0.4 is 5.73 Å². The number of carbonyl (C=O) groups is 2. The Balaban J connectivity index is 2.81. The maximum Gasteiger partial charge on any atom is 0.326 e. The van der Waals surface area contributed by atoms with Crippen molar-refractivity contribution in [3.05, 3.63) is 11.1 Å². The van der Waals surface area contributed by atoms with Crippen LogP contribution in [0.4, 0.5) is 5.13 Å². The Kier molecular flexibility index (Phi) is 3.25. The van der Waals surface area contributed by atoms with Gasteiger partial charge in [-0.05, 0) is 6.92 Å². The lowest BCUT2D eigenvalue weighted by atomic mass is 10.3. The molecule has 1 heterocycles. The van der Waals surface area contributed by atoms with Crippen molar-refractivity contribution in [3.63, 3.8) is 0 Å². The Labute approximate surface area is 90.3 Å². The zero-order valence-corrected chi connectivity index (χ0v) is 9.11. The fourth-order valence-electron chi connectivity index (χ4n) is 0.908. The fourth-order valence-corrected chi connectivity index (χ4v) is 1.45. The molecule has 7 heteroatoms. The van der Waals surface area contributed by atoms with E-state index in [-0.39, 0.29) is 10.8 Å². The van der Waals surface area contributed by atoms with Gasteiger partial charge in [0.05, 0.1) is 0 Å². The van der Waals surface area contributed by atoms with Crippen LogP contribution in [-0.4, -0.2) is 40.0 Å². The van der Waals surface area contributed by atoms with Gasteiger partial charge in [0.25, 0.3) is 5.91 Å². The Morgan fingerprint density at radius 2 is 2.27 bits per heavy atom.